The lowest BCUT2D eigenvalue weighted by molar-refractivity contribution is -0.115. The molecule has 0 unspecified atom stereocenters. The molecule has 7 heteroatoms. The highest BCUT2D eigenvalue weighted by atomic mass is 32.2. The van der Waals surface area contributed by atoms with Crippen molar-refractivity contribution in [2.75, 3.05) is 5.32 Å². The maximum Gasteiger partial charge on any atom is 0.294 e. The first-order valence-corrected chi connectivity index (χ1v) is 6.03. The number of benzene rings is 1. The monoisotopic (exact) mass is 254 g/mol. The predicted molar refractivity (Wildman–Crippen MR) is 59.9 cm³/mol. The quantitative estimate of drug-likeness (QED) is 0.785. The highest BCUT2D eigenvalue weighted by molar-refractivity contribution is 7.85. The van der Waals surface area contributed by atoms with Crippen molar-refractivity contribution in [1.82, 2.24) is 0 Å². The Hall–Kier alpha value is -1.91. The highest BCUT2D eigenvalue weighted by Gasteiger charge is 2.13. The molecule has 1 rings (SSSR count). The van der Waals surface area contributed by atoms with E-state index < -0.39 is 16.0 Å². The van der Waals surface area contributed by atoms with E-state index in [1.165, 1.54) is 25.1 Å². The molecule has 0 saturated heterocycles. The molecule has 0 aliphatic heterocycles. The molecule has 0 aliphatic carbocycles. The van der Waals surface area contributed by atoms with Crippen LogP contribution in [0.3, 0.4) is 0 Å². The smallest absolute Gasteiger partial charge is 0.294 e. The molecule has 0 aromatic heterocycles. The van der Waals surface area contributed by atoms with Crippen molar-refractivity contribution in [2.45, 2.75) is 18.2 Å². The summed E-state index contributed by atoms with van der Waals surface area (Å²) in [6, 6.07) is 5.62. The topological polar surface area (TPSA) is 107 Å². The van der Waals surface area contributed by atoms with Crippen molar-refractivity contribution in [1.29, 1.82) is 5.26 Å². The molecule has 0 atom stereocenters. The van der Waals surface area contributed by atoms with Crippen molar-refractivity contribution >= 4 is 21.7 Å². The molecule has 1 aromatic carbocycles. The van der Waals surface area contributed by atoms with E-state index in [1.807, 2.05) is 0 Å². The maximum absolute atomic E-state index is 11.1. The van der Waals surface area contributed by atoms with Gasteiger partial charge in [-0.15, -0.1) is 0 Å². The Morgan fingerprint density at radius 1 is 1.53 bits per heavy atom. The molecular formula is C10H10N2O4S. The van der Waals surface area contributed by atoms with Gasteiger partial charge < -0.3 is 5.32 Å². The Kier molecular flexibility index (Phi) is 3.83. The molecule has 0 radical (unpaired) electrons. The van der Waals surface area contributed by atoms with E-state index in [0.29, 0.717) is 11.3 Å². The normalized spacial score (nSPS) is 10.6. The van der Waals surface area contributed by atoms with Gasteiger partial charge in [0, 0.05) is 5.69 Å². The molecule has 1 amide bonds. The van der Waals surface area contributed by atoms with Crippen molar-refractivity contribution in [2.24, 2.45) is 0 Å². The minimum absolute atomic E-state index is 0.212. The molecule has 0 spiro atoms. The first-order chi connectivity index (χ1) is 7.84. The van der Waals surface area contributed by atoms with Crippen molar-refractivity contribution in [3.63, 3.8) is 0 Å². The third-order valence-corrected chi connectivity index (χ3v) is 2.99. The van der Waals surface area contributed by atoms with Crippen molar-refractivity contribution in [3.05, 3.63) is 23.8 Å². The average Bonchev–Trinajstić information content (AvgIpc) is 2.15. The molecule has 1 aromatic rings. The lowest BCUT2D eigenvalue weighted by Crippen LogP contribution is -2.10. The largest absolute Gasteiger partial charge is 0.325 e. The standard InChI is InChI=1S/C10H10N2O4S/c1-7-6-8(12-10(13)4-5-11)2-3-9(7)17(14,15)16/h2-3,6H,4H2,1H3,(H,12,13)(H,14,15,16). The van der Waals surface area contributed by atoms with E-state index in [9.17, 15) is 13.2 Å². The van der Waals surface area contributed by atoms with Gasteiger partial charge in [-0.25, -0.2) is 0 Å². The number of hydrogen-bond donors (Lipinski definition) is 2. The van der Waals surface area contributed by atoms with Gasteiger partial charge in [-0.3, -0.25) is 9.35 Å². The summed E-state index contributed by atoms with van der Waals surface area (Å²) < 4.78 is 30.7. The Balaban J connectivity index is 2.99. The Bertz CT molecular complexity index is 587. The number of nitriles is 1. The summed E-state index contributed by atoms with van der Waals surface area (Å²) in [5, 5.41) is 10.7. The minimum atomic E-state index is -4.25. The zero-order valence-electron chi connectivity index (χ0n) is 8.97. The third kappa shape index (κ3) is 3.55. The Morgan fingerprint density at radius 3 is 2.65 bits per heavy atom. The number of rotatable bonds is 3. The predicted octanol–water partition coefficient (Wildman–Crippen LogP) is 1.09. The summed E-state index contributed by atoms with van der Waals surface area (Å²) in [5.41, 5.74) is 0.678. The number of anilines is 1. The average molecular weight is 254 g/mol. The second-order valence-electron chi connectivity index (χ2n) is 3.34. The van der Waals surface area contributed by atoms with Gasteiger partial charge in [0.2, 0.25) is 5.91 Å². The fraction of sp³-hybridized carbons (Fsp3) is 0.200. The zero-order chi connectivity index (χ0) is 13.1. The van der Waals surface area contributed by atoms with Crippen LogP contribution in [0.1, 0.15) is 12.0 Å². The van der Waals surface area contributed by atoms with Gasteiger partial charge in [0.05, 0.1) is 11.0 Å². The van der Waals surface area contributed by atoms with Gasteiger partial charge in [-0.05, 0) is 30.7 Å². The number of nitrogens with zero attached hydrogens (tertiary/aromatic N) is 1. The molecule has 2 N–H and O–H groups in total. The Morgan fingerprint density at radius 2 is 2.18 bits per heavy atom. The van der Waals surface area contributed by atoms with Gasteiger partial charge in [0.25, 0.3) is 10.1 Å². The summed E-state index contributed by atoms with van der Waals surface area (Å²) in [6.45, 7) is 1.49. The third-order valence-electron chi connectivity index (χ3n) is 1.98. The van der Waals surface area contributed by atoms with Crippen LogP contribution in [-0.4, -0.2) is 18.9 Å². The number of aryl methyl sites for hydroxylation is 1. The Labute approximate surface area is 98.6 Å². The summed E-state index contributed by atoms with van der Waals surface area (Å²) in [5.74, 6) is -0.480. The number of nitrogens with one attached hydrogen (secondary N) is 1. The fourth-order valence-corrected chi connectivity index (χ4v) is 2.00. The lowest BCUT2D eigenvalue weighted by atomic mass is 10.2. The number of carbonyl (C=O) groups excluding carboxylic acids is 1. The molecule has 0 saturated carbocycles. The molecule has 17 heavy (non-hydrogen) atoms. The lowest BCUT2D eigenvalue weighted by Gasteiger charge is -2.06. The molecule has 0 bridgehead atoms. The zero-order valence-corrected chi connectivity index (χ0v) is 9.78. The molecule has 0 heterocycles. The van der Waals surface area contributed by atoms with E-state index in [0.717, 1.165) is 0 Å². The fourth-order valence-electron chi connectivity index (χ4n) is 1.29. The van der Waals surface area contributed by atoms with Crippen LogP contribution in [0.25, 0.3) is 0 Å². The summed E-state index contributed by atoms with van der Waals surface area (Å²) in [6.07, 6.45) is -0.279. The van der Waals surface area contributed by atoms with Crippen LogP contribution in [0.5, 0.6) is 0 Å². The van der Waals surface area contributed by atoms with E-state index in [4.69, 9.17) is 9.81 Å². The SMILES string of the molecule is Cc1cc(NC(=O)CC#N)ccc1S(=O)(=O)O. The second-order valence-corrected chi connectivity index (χ2v) is 4.73. The molecule has 0 aliphatic rings. The summed E-state index contributed by atoms with van der Waals surface area (Å²) >= 11 is 0. The van der Waals surface area contributed by atoms with Crippen LogP contribution in [0, 0.1) is 18.3 Å². The van der Waals surface area contributed by atoms with Crippen LogP contribution in [0.4, 0.5) is 5.69 Å². The molecule has 6 nitrogen and oxygen atoms in total. The minimum Gasteiger partial charge on any atom is -0.325 e. The summed E-state index contributed by atoms with van der Waals surface area (Å²) in [4.78, 5) is 10.9. The molecule has 0 fully saturated rings. The number of hydrogen-bond acceptors (Lipinski definition) is 4. The highest BCUT2D eigenvalue weighted by Crippen LogP contribution is 2.19. The van der Waals surface area contributed by atoms with Crippen molar-refractivity contribution in [3.8, 4) is 6.07 Å². The maximum atomic E-state index is 11.1. The van der Waals surface area contributed by atoms with Crippen LogP contribution in [0.15, 0.2) is 23.1 Å². The number of carbonyl (C=O) groups is 1. The van der Waals surface area contributed by atoms with Crippen LogP contribution in [-0.2, 0) is 14.9 Å². The molecular weight excluding hydrogens is 244 g/mol. The van der Waals surface area contributed by atoms with Crippen LogP contribution >= 0.6 is 0 Å². The van der Waals surface area contributed by atoms with Gasteiger partial charge in [0.15, 0.2) is 0 Å². The van der Waals surface area contributed by atoms with Gasteiger partial charge in [-0.2, -0.15) is 13.7 Å². The number of amides is 1. The van der Waals surface area contributed by atoms with E-state index >= 15 is 0 Å². The van der Waals surface area contributed by atoms with Gasteiger partial charge in [0.1, 0.15) is 6.42 Å². The van der Waals surface area contributed by atoms with Crippen LogP contribution < -0.4 is 5.32 Å². The van der Waals surface area contributed by atoms with Gasteiger partial charge >= 0.3 is 0 Å². The van der Waals surface area contributed by atoms with Crippen molar-refractivity contribution < 1.29 is 17.8 Å². The van der Waals surface area contributed by atoms with Crippen LogP contribution in [0.2, 0.25) is 0 Å². The second kappa shape index (κ2) is 4.95. The first-order valence-electron chi connectivity index (χ1n) is 4.59. The first kappa shape index (κ1) is 13.2. The van der Waals surface area contributed by atoms with E-state index in [1.54, 1.807) is 6.07 Å². The van der Waals surface area contributed by atoms with Gasteiger partial charge in [-0.1, -0.05) is 0 Å². The summed E-state index contributed by atoms with van der Waals surface area (Å²) in [7, 11) is -4.25. The molecule has 90 valence electrons. The van der Waals surface area contributed by atoms with E-state index in [-0.39, 0.29) is 11.3 Å². The van der Waals surface area contributed by atoms with E-state index in [2.05, 4.69) is 5.32 Å².